The summed E-state index contributed by atoms with van der Waals surface area (Å²) in [6.07, 6.45) is 5.21. The molecule has 0 heterocycles. The number of hydrazine groups is 1. The molecule has 0 aliphatic heterocycles. The van der Waals surface area contributed by atoms with Crippen LogP contribution in [0.5, 0.6) is 0 Å². The first-order chi connectivity index (χ1) is 7.28. The Morgan fingerprint density at radius 3 is 1.88 bits per heavy atom. The zero-order valence-electron chi connectivity index (χ0n) is 11.9. The minimum Gasteiger partial charge on any atom is -0.303 e. The van der Waals surface area contributed by atoms with Gasteiger partial charge < -0.3 is 4.79 Å². The summed E-state index contributed by atoms with van der Waals surface area (Å²) in [5.74, 6) is 5.57. The van der Waals surface area contributed by atoms with Gasteiger partial charge in [0.25, 0.3) is 0 Å². The summed E-state index contributed by atoms with van der Waals surface area (Å²) in [4.78, 5) is 9.82. The number of nitrogens with zero attached hydrogens (tertiary/aromatic N) is 1. The van der Waals surface area contributed by atoms with Crippen molar-refractivity contribution in [1.29, 1.82) is 0 Å². The zero-order valence-corrected chi connectivity index (χ0v) is 11.9. The fourth-order valence-electron chi connectivity index (χ4n) is 1.28. The van der Waals surface area contributed by atoms with Crippen LogP contribution in [0.15, 0.2) is 0 Å². The van der Waals surface area contributed by atoms with Crippen molar-refractivity contribution in [2.75, 3.05) is 7.05 Å². The minimum absolute atomic E-state index is 0.182. The average molecular weight is 230 g/mol. The van der Waals surface area contributed by atoms with Gasteiger partial charge in [-0.15, -0.1) is 0 Å². The van der Waals surface area contributed by atoms with Crippen LogP contribution < -0.4 is 5.84 Å². The van der Waals surface area contributed by atoms with E-state index in [0.29, 0.717) is 12.5 Å². The fourth-order valence-corrected chi connectivity index (χ4v) is 1.28. The smallest absolute Gasteiger partial charge is 0.120 e. The number of carbonyl (C=O) groups excluding carboxylic acids is 1. The van der Waals surface area contributed by atoms with Crippen LogP contribution in [0.3, 0.4) is 0 Å². The highest BCUT2D eigenvalue weighted by Crippen LogP contribution is 2.15. The molecule has 2 N–H and O–H groups in total. The van der Waals surface area contributed by atoms with Crippen molar-refractivity contribution < 1.29 is 4.79 Å². The van der Waals surface area contributed by atoms with E-state index in [1.165, 1.54) is 12.8 Å². The van der Waals surface area contributed by atoms with Gasteiger partial charge in [-0.1, -0.05) is 41.0 Å². The summed E-state index contributed by atoms with van der Waals surface area (Å²) in [7, 11) is 1.93. The summed E-state index contributed by atoms with van der Waals surface area (Å²) in [5, 5.41) is 1.81. The van der Waals surface area contributed by atoms with E-state index in [9.17, 15) is 4.79 Å². The van der Waals surface area contributed by atoms with Crippen LogP contribution >= 0.6 is 0 Å². The highest BCUT2D eigenvalue weighted by molar-refractivity contribution is 5.50. The van der Waals surface area contributed by atoms with Crippen LogP contribution in [-0.2, 0) is 4.79 Å². The highest BCUT2D eigenvalue weighted by atomic mass is 16.1. The molecule has 1 atom stereocenters. The van der Waals surface area contributed by atoms with Crippen LogP contribution in [0.4, 0.5) is 0 Å². The summed E-state index contributed by atoms with van der Waals surface area (Å²) in [6, 6.07) is 0.579. The second kappa shape index (κ2) is 9.79. The SMILES string of the molecule is CC(C)(C)CC=O.CCCC(CC)N(C)N. The molecule has 0 spiro atoms. The van der Waals surface area contributed by atoms with Crippen molar-refractivity contribution in [3.8, 4) is 0 Å². The fraction of sp³-hybridized carbons (Fsp3) is 0.923. The monoisotopic (exact) mass is 230 g/mol. The van der Waals surface area contributed by atoms with E-state index in [2.05, 4.69) is 13.8 Å². The lowest BCUT2D eigenvalue weighted by molar-refractivity contribution is -0.109. The van der Waals surface area contributed by atoms with Crippen LogP contribution in [0.2, 0.25) is 0 Å². The molecule has 0 radical (unpaired) electrons. The molecule has 0 fully saturated rings. The van der Waals surface area contributed by atoms with E-state index in [0.717, 1.165) is 12.7 Å². The Hall–Kier alpha value is -0.410. The van der Waals surface area contributed by atoms with Gasteiger partial charge in [-0.05, 0) is 18.3 Å². The molecule has 0 rings (SSSR count). The van der Waals surface area contributed by atoms with Crippen molar-refractivity contribution in [3.63, 3.8) is 0 Å². The Kier molecular flexibility index (Phi) is 11.0. The third-order valence-electron chi connectivity index (χ3n) is 2.36. The van der Waals surface area contributed by atoms with Crippen molar-refractivity contribution in [3.05, 3.63) is 0 Å². The quantitative estimate of drug-likeness (QED) is 0.449. The van der Waals surface area contributed by atoms with E-state index in [-0.39, 0.29) is 5.41 Å². The summed E-state index contributed by atoms with van der Waals surface area (Å²) < 4.78 is 0. The molecule has 0 aliphatic rings. The third-order valence-corrected chi connectivity index (χ3v) is 2.36. The first-order valence-electron chi connectivity index (χ1n) is 6.19. The maximum absolute atomic E-state index is 9.82. The first kappa shape index (κ1) is 18.0. The Labute approximate surface area is 101 Å². The van der Waals surface area contributed by atoms with Crippen LogP contribution in [-0.4, -0.2) is 24.4 Å². The van der Waals surface area contributed by atoms with E-state index in [1.807, 2.05) is 32.8 Å². The number of aldehydes is 1. The van der Waals surface area contributed by atoms with Gasteiger partial charge >= 0.3 is 0 Å². The molecule has 16 heavy (non-hydrogen) atoms. The Balaban J connectivity index is 0. The summed E-state index contributed by atoms with van der Waals surface area (Å²) in [6.45, 7) is 10.5. The molecule has 0 bridgehead atoms. The molecule has 0 aromatic rings. The third kappa shape index (κ3) is 13.6. The van der Waals surface area contributed by atoms with Crippen LogP contribution in [0.25, 0.3) is 0 Å². The predicted octanol–water partition coefficient (Wildman–Crippen LogP) is 2.99. The lowest BCUT2D eigenvalue weighted by Gasteiger charge is -2.21. The standard InChI is InChI=1S/C7H18N2.C6H12O/c1-4-6-7(5-2)9(3)8;1-6(2,3)4-5-7/h7H,4-6,8H2,1-3H3;5H,4H2,1-3H3. The van der Waals surface area contributed by atoms with Gasteiger partial charge in [0.1, 0.15) is 6.29 Å². The molecule has 3 heteroatoms. The van der Waals surface area contributed by atoms with E-state index < -0.39 is 0 Å². The van der Waals surface area contributed by atoms with Gasteiger partial charge in [0, 0.05) is 19.5 Å². The predicted molar refractivity (Wildman–Crippen MR) is 71.1 cm³/mol. The highest BCUT2D eigenvalue weighted by Gasteiger charge is 2.07. The van der Waals surface area contributed by atoms with Crippen LogP contribution in [0, 0.1) is 5.41 Å². The molecule has 0 saturated heterocycles. The molecular formula is C13H30N2O. The molecule has 0 saturated carbocycles. The lowest BCUT2D eigenvalue weighted by atomic mass is 9.93. The van der Waals surface area contributed by atoms with Gasteiger partial charge in [0.05, 0.1) is 0 Å². The number of nitrogens with two attached hydrogens (primary N) is 1. The largest absolute Gasteiger partial charge is 0.303 e. The molecule has 98 valence electrons. The normalized spacial score (nSPS) is 13.0. The maximum atomic E-state index is 9.82. The number of hydrogen-bond donors (Lipinski definition) is 1. The van der Waals surface area contributed by atoms with Gasteiger partial charge in [0.15, 0.2) is 0 Å². The topological polar surface area (TPSA) is 46.3 Å². The molecule has 0 aliphatic carbocycles. The Bertz CT molecular complexity index is 162. The van der Waals surface area contributed by atoms with Crippen molar-refractivity contribution in [2.24, 2.45) is 11.3 Å². The molecule has 0 amide bonds. The second-order valence-corrected chi connectivity index (χ2v) is 5.45. The number of rotatable bonds is 5. The Morgan fingerprint density at radius 1 is 1.31 bits per heavy atom. The second-order valence-electron chi connectivity index (χ2n) is 5.45. The van der Waals surface area contributed by atoms with E-state index in [4.69, 9.17) is 5.84 Å². The van der Waals surface area contributed by atoms with Crippen molar-refractivity contribution in [2.45, 2.75) is 66.3 Å². The number of carbonyl (C=O) groups is 1. The Morgan fingerprint density at radius 2 is 1.81 bits per heavy atom. The average Bonchev–Trinajstić information content (AvgIpc) is 2.12. The summed E-state index contributed by atoms with van der Waals surface area (Å²) >= 11 is 0. The zero-order chi connectivity index (χ0) is 13.2. The maximum Gasteiger partial charge on any atom is 0.120 e. The lowest BCUT2D eigenvalue weighted by Crippen LogP contribution is -2.36. The molecular weight excluding hydrogens is 200 g/mol. The van der Waals surface area contributed by atoms with E-state index >= 15 is 0 Å². The minimum atomic E-state index is 0.182. The van der Waals surface area contributed by atoms with Gasteiger partial charge in [-0.2, -0.15) is 0 Å². The molecule has 3 nitrogen and oxygen atoms in total. The van der Waals surface area contributed by atoms with E-state index in [1.54, 1.807) is 0 Å². The molecule has 0 aromatic carbocycles. The first-order valence-corrected chi connectivity index (χ1v) is 6.19. The van der Waals surface area contributed by atoms with Crippen molar-refractivity contribution in [1.82, 2.24) is 5.01 Å². The number of hydrogen-bond acceptors (Lipinski definition) is 3. The van der Waals surface area contributed by atoms with Gasteiger partial charge in [-0.25, -0.2) is 5.01 Å². The van der Waals surface area contributed by atoms with Gasteiger partial charge in [0.2, 0.25) is 0 Å². The van der Waals surface area contributed by atoms with Gasteiger partial charge in [-0.3, -0.25) is 5.84 Å². The molecule has 1 unspecified atom stereocenters. The van der Waals surface area contributed by atoms with Crippen LogP contribution in [0.1, 0.15) is 60.3 Å². The summed E-state index contributed by atoms with van der Waals surface area (Å²) in [5.41, 5.74) is 0.182. The molecule has 0 aromatic heterocycles. The van der Waals surface area contributed by atoms with Crippen molar-refractivity contribution >= 4 is 6.29 Å².